The van der Waals surface area contributed by atoms with Crippen LogP contribution in [-0.4, -0.2) is 11.8 Å². The quantitative estimate of drug-likeness (QED) is 0.597. The smallest absolute Gasteiger partial charge is 0.272 e. The number of anilines is 1. The third-order valence-electron chi connectivity index (χ3n) is 4.32. The van der Waals surface area contributed by atoms with E-state index in [1.54, 1.807) is 18.2 Å². The van der Waals surface area contributed by atoms with E-state index in [4.69, 9.17) is 0 Å². The van der Waals surface area contributed by atoms with Crippen LogP contribution in [-0.2, 0) is 4.79 Å². The van der Waals surface area contributed by atoms with Gasteiger partial charge in [0, 0.05) is 16.1 Å². The van der Waals surface area contributed by atoms with Gasteiger partial charge in [-0.1, -0.05) is 42.0 Å². The van der Waals surface area contributed by atoms with Crippen LogP contribution in [0.15, 0.2) is 65.7 Å². The Morgan fingerprint density at radius 1 is 0.929 bits per heavy atom. The summed E-state index contributed by atoms with van der Waals surface area (Å²) in [6, 6.07) is 16.9. The molecule has 0 fully saturated rings. The lowest BCUT2D eigenvalue weighted by Gasteiger charge is -2.14. The molecule has 0 aliphatic rings. The van der Waals surface area contributed by atoms with Crippen LogP contribution in [0, 0.1) is 20.8 Å². The number of amides is 2. The number of rotatable bonds is 5. The van der Waals surface area contributed by atoms with Gasteiger partial charge in [0.05, 0.1) is 0 Å². The maximum absolute atomic E-state index is 13.0. The van der Waals surface area contributed by atoms with Crippen LogP contribution in [0.4, 0.5) is 5.69 Å². The minimum Gasteiger partial charge on any atom is -0.320 e. The Hall–Kier alpha value is -3.18. The Labute approximate surface area is 168 Å². The number of carbonyl (C=O) groups is 2. The molecule has 28 heavy (non-hydrogen) atoms. The minimum absolute atomic E-state index is 0.205. The SMILES string of the molecule is Cc1cccc(C(=O)N/C(=C\c2cccs2)C(=O)Nc2c(C)cccc2C)c1. The molecule has 0 bridgehead atoms. The minimum atomic E-state index is -0.355. The van der Waals surface area contributed by atoms with Gasteiger partial charge < -0.3 is 10.6 Å². The Bertz CT molecular complexity index is 1020. The zero-order valence-electron chi connectivity index (χ0n) is 16.1. The van der Waals surface area contributed by atoms with E-state index in [1.165, 1.54) is 11.3 Å². The number of aryl methyl sites for hydroxylation is 3. The van der Waals surface area contributed by atoms with E-state index in [1.807, 2.05) is 68.6 Å². The molecule has 3 aromatic rings. The van der Waals surface area contributed by atoms with Crippen molar-refractivity contribution in [3.63, 3.8) is 0 Å². The second kappa shape index (κ2) is 8.67. The molecular weight excluding hydrogens is 368 g/mol. The summed E-state index contributed by atoms with van der Waals surface area (Å²) in [5.74, 6) is -0.671. The van der Waals surface area contributed by atoms with E-state index >= 15 is 0 Å². The zero-order valence-corrected chi connectivity index (χ0v) is 16.9. The lowest BCUT2D eigenvalue weighted by molar-refractivity contribution is -0.113. The Morgan fingerprint density at radius 3 is 2.29 bits per heavy atom. The summed E-state index contributed by atoms with van der Waals surface area (Å²) in [7, 11) is 0. The molecule has 0 radical (unpaired) electrons. The molecule has 0 saturated carbocycles. The van der Waals surface area contributed by atoms with Gasteiger partial charge in [-0.2, -0.15) is 0 Å². The van der Waals surface area contributed by atoms with Gasteiger partial charge in [0.2, 0.25) is 0 Å². The molecular formula is C23H22N2O2S. The van der Waals surface area contributed by atoms with E-state index in [2.05, 4.69) is 10.6 Å². The first-order valence-corrected chi connectivity index (χ1v) is 9.83. The summed E-state index contributed by atoms with van der Waals surface area (Å²) in [4.78, 5) is 26.6. The van der Waals surface area contributed by atoms with Gasteiger partial charge in [-0.3, -0.25) is 9.59 Å². The highest BCUT2D eigenvalue weighted by Crippen LogP contribution is 2.21. The summed E-state index contributed by atoms with van der Waals surface area (Å²) >= 11 is 1.50. The zero-order chi connectivity index (χ0) is 20.1. The summed E-state index contributed by atoms with van der Waals surface area (Å²) in [6.07, 6.45) is 1.70. The number of nitrogens with one attached hydrogen (secondary N) is 2. The van der Waals surface area contributed by atoms with Gasteiger partial charge in [-0.15, -0.1) is 11.3 Å². The molecule has 0 saturated heterocycles. The number of para-hydroxylation sites is 1. The summed E-state index contributed by atoms with van der Waals surface area (Å²) in [5, 5.41) is 7.64. The average Bonchev–Trinajstić information content (AvgIpc) is 3.17. The van der Waals surface area contributed by atoms with Crippen LogP contribution >= 0.6 is 11.3 Å². The Morgan fingerprint density at radius 2 is 1.64 bits per heavy atom. The van der Waals surface area contributed by atoms with Crippen molar-refractivity contribution in [1.29, 1.82) is 0 Å². The number of hydrogen-bond donors (Lipinski definition) is 2. The van der Waals surface area contributed by atoms with E-state index in [9.17, 15) is 9.59 Å². The molecule has 2 amide bonds. The molecule has 3 rings (SSSR count). The fourth-order valence-corrected chi connectivity index (χ4v) is 3.50. The highest BCUT2D eigenvalue weighted by molar-refractivity contribution is 7.10. The third kappa shape index (κ3) is 4.75. The van der Waals surface area contributed by atoms with E-state index < -0.39 is 0 Å². The molecule has 0 atom stereocenters. The van der Waals surface area contributed by atoms with Crippen LogP contribution in [0.5, 0.6) is 0 Å². The monoisotopic (exact) mass is 390 g/mol. The van der Waals surface area contributed by atoms with Crippen molar-refractivity contribution in [2.24, 2.45) is 0 Å². The third-order valence-corrected chi connectivity index (χ3v) is 5.14. The van der Waals surface area contributed by atoms with Gasteiger partial charge in [0.25, 0.3) is 11.8 Å². The standard InChI is InChI=1S/C23H22N2O2S/c1-15-7-4-10-18(13-15)22(26)24-20(14-19-11-6-12-28-19)23(27)25-21-16(2)8-5-9-17(21)3/h4-14H,1-3H3,(H,24,26)(H,25,27)/b20-14-. The van der Waals surface area contributed by atoms with Crippen LogP contribution in [0.25, 0.3) is 6.08 Å². The first-order chi connectivity index (χ1) is 13.4. The van der Waals surface area contributed by atoms with Crippen LogP contribution < -0.4 is 10.6 Å². The molecule has 0 unspecified atom stereocenters. The van der Waals surface area contributed by atoms with Crippen LogP contribution in [0.2, 0.25) is 0 Å². The van der Waals surface area contributed by atoms with Crippen molar-refractivity contribution >= 4 is 34.9 Å². The molecule has 0 spiro atoms. The van der Waals surface area contributed by atoms with Crippen molar-refractivity contribution < 1.29 is 9.59 Å². The number of benzene rings is 2. The maximum atomic E-state index is 13.0. The highest BCUT2D eigenvalue weighted by atomic mass is 32.1. The lowest BCUT2D eigenvalue weighted by atomic mass is 10.1. The first-order valence-electron chi connectivity index (χ1n) is 8.95. The molecule has 2 N–H and O–H groups in total. The number of carbonyl (C=O) groups excluding carboxylic acids is 2. The largest absolute Gasteiger partial charge is 0.320 e. The maximum Gasteiger partial charge on any atom is 0.272 e. The van der Waals surface area contributed by atoms with Crippen molar-refractivity contribution in [3.05, 3.63) is 92.8 Å². The first kappa shape index (κ1) is 19.6. The Kier molecular flexibility index (Phi) is 6.06. The highest BCUT2D eigenvalue weighted by Gasteiger charge is 2.17. The fraction of sp³-hybridized carbons (Fsp3) is 0.130. The average molecular weight is 391 g/mol. The van der Waals surface area contributed by atoms with Crippen LogP contribution in [0.1, 0.15) is 31.9 Å². The topological polar surface area (TPSA) is 58.2 Å². The van der Waals surface area contributed by atoms with Crippen LogP contribution in [0.3, 0.4) is 0 Å². The molecule has 1 heterocycles. The molecule has 4 nitrogen and oxygen atoms in total. The van der Waals surface area contributed by atoms with E-state index in [0.717, 1.165) is 27.3 Å². The second-order valence-corrected chi connectivity index (χ2v) is 7.60. The summed E-state index contributed by atoms with van der Waals surface area (Å²) < 4.78 is 0. The van der Waals surface area contributed by atoms with Gasteiger partial charge in [-0.05, 0) is 61.6 Å². The van der Waals surface area contributed by atoms with E-state index in [0.29, 0.717) is 5.56 Å². The summed E-state index contributed by atoms with van der Waals surface area (Å²) in [6.45, 7) is 5.81. The number of thiophene rings is 1. The predicted octanol–water partition coefficient (Wildman–Crippen LogP) is 5.08. The molecule has 142 valence electrons. The molecule has 5 heteroatoms. The molecule has 2 aromatic carbocycles. The van der Waals surface area contributed by atoms with Gasteiger partial charge in [-0.25, -0.2) is 0 Å². The van der Waals surface area contributed by atoms with Gasteiger partial charge in [0.15, 0.2) is 0 Å². The van der Waals surface area contributed by atoms with Crippen molar-refractivity contribution in [2.75, 3.05) is 5.32 Å². The van der Waals surface area contributed by atoms with Crippen molar-refractivity contribution in [1.82, 2.24) is 5.32 Å². The molecule has 0 aliphatic carbocycles. The molecule has 0 aliphatic heterocycles. The normalized spacial score (nSPS) is 11.2. The van der Waals surface area contributed by atoms with Crippen molar-refractivity contribution in [2.45, 2.75) is 20.8 Å². The fourth-order valence-electron chi connectivity index (χ4n) is 2.85. The predicted molar refractivity (Wildman–Crippen MR) is 115 cm³/mol. The van der Waals surface area contributed by atoms with Gasteiger partial charge in [0.1, 0.15) is 5.70 Å². The lowest BCUT2D eigenvalue weighted by Crippen LogP contribution is -2.31. The number of hydrogen-bond acceptors (Lipinski definition) is 3. The van der Waals surface area contributed by atoms with Crippen molar-refractivity contribution in [3.8, 4) is 0 Å². The van der Waals surface area contributed by atoms with E-state index in [-0.39, 0.29) is 17.5 Å². The Balaban J connectivity index is 1.89. The summed E-state index contributed by atoms with van der Waals surface area (Å²) in [5.41, 5.74) is 4.39. The molecule has 1 aromatic heterocycles. The second-order valence-electron chi connectivity index (χ2n) is 6.62. The van der Waals surface area contributed by atoms with Gasteiger partial charge >= 0.3 is 0 Å².